The van der Waals surface area contributed by atoms with Gasteiger partial charge in [0.05, 0.1) is 0 Å². The van der Waals surface area contributed by atoms with Crippen molar-refractivity contribution in [1.82, 2.24) is 30.0 Å². The first-order valence-corrected chi connectivity index (χ1v) is 10.2. The number of hydrogen-bond acceptors (Lipinski definition) is 6. The first-order valence-electron chi connectivity index (χ1n) is 9.85. The molecule has 1 aliphatic heterocycles. The van der Waals surface area contributed by atoms with E-state index in [-0.39, 0.29) is 12.7 Å². The van der Waals surface area contributed by atoms with Crippen LogP contribution in [0.25, 0.3) is 0 Å². The fourth-order valence-electron chi connectivity index (χ4n) is 3.52. The summed E-state index contributed by atoms with van der Waals surface area (Å²) in [6.07, 6.45) is 1.00. The van der Waals surface area contributed by atoms with E-state index in [0.29, 0.717) is 18.1 Å². The molecule has 30 heavy (non-hydrogen) atoms. The summed E-state index contributed by atoms with van der Waals surface area (Å²) in [6, 6.07) is 17.3. The van der Waals surface area contributed by atoms with E-state index in [2.05, 4.69) is 32.4 Å². The van der Waals surface area contributed by atoms with Gasteiger partial charge in [-0.05, 0) is 16.8 Å². The zero-order valence-corrected chi connectivity index (χ0v) is 17.2. The van der Waals surface area contributed by atoms with Gasteiger partial charge in [-0.3, -0.25) is 4.90 Å². The fourth-order valence-corrected chi connectivity index (χ4v) is 3.78. The lowest BCUT2D eigenvalue weighted by molar-refractivity contribution is 0.0665. The molecule has 0 N–H and O–H groups in total. The lowest BCUT2D eigenvalue weighted by atomic mass is 10.1. The molecule has 0 spiro atoms. The van der Waals surface area contributed by atoms with E-state index in [1.54, 1.807) is 11.0 Å². The second kappa shape index (κ2) is 9.69. The molecule has 2 aromatic carbocycles. The number of carbonyl (C=O) groups excluding carboxylic acids is 1. The van der Waals surface area contributed by atoms with E-state index in [1.165, 1.54) is 16.7 Å². The predicted molar refractivity (Wildman–Crippen MR) is 112 cm³/mol. The maximum atomic E-state index is 12.6. The number of rotatable bonds is 6. The third-order valence-electron chi connectivity index (χ3n) is 5.15. The molecule has 2 heterocycles. The Bertz CT molecular complexity index is 945. The molecule has 0 bridgehead atoms. The Morgan fingerprint density at radius 3 is 2.47 bits per heavy atom. The van der Waals surface area contributed by atoms with Gasteiger partial charge in [0.2, 0.25) is 0 Å². The van der Waals surface area contributed by atoms with Gasteiger partial charge >= 0.3 is 6.09 Å². The molecule has 1 aliphatic rings. The van der Waals surface area contributed by atoms with Gasteiger partial charge in [0.25, 0.3) is 0 Å². The van der Waals surface area contributed by atoms with Crippen molar-refractivity contribution < 1.29 is 9.53 Å². The number of tetrazole rings is 1. The second-order valence-electron chi connectivity index (χ2n) is 7.12. The molecule has 1 amide bonds. The van der Waals surface area contributed by atoms with Crippen LogP contribution in [0.4, 0.5) is 4.79 Å². The van der Waals surface area contributed by atoms with Gasteiger partial charge in [0.1, 0.15) is 12.6 Å². The first-order chi connectivity index (χ1) is 14.7. The molecule has 0 saturated carbocycles. The maximum Gasteiger partial charge on any atom is 0.409 e. The minimum Gasteiger partial charge on any atom is -0.447 e. The third kappa shape index (κ3) is 4.95. The fraction of sp³-hybridized carbons (Fsp3) is 0.333. The monoisotopic (exact) mass is 426 g/mol. The smallest absolute Gasteiger partial charge is 0.409 e. The Morgan fingerprint density at radius 1 is 1.03 bits per heavy atom. The van der Waals surface area contributed by atoms with E-state index in [4.69, 9.17) is 16.3 Å². The van der Waals surface area contributed by atoms with Crippen molar-refractivity contribution in [1.29, 1.82) is 0 Å². The Morgan fingerprint density at radius 2 is 1.77 bits per heavy atom. The minimum absolute atomic E-state index is 0.0726. The zero-order chi connectivity index (χ0) is 20.8. The summed E-state index contributed by atoms with van der Waals surface area (Å²) < 4.78 is 5.61. The van der Waals surface area contributed by atoms with Crippen LogP contribution >= 0.6 is 11.6 Å². The Labute approximate surface area is 180 Å². The molecule has 9 heteroatoms. The molecule has 1 atom stereocenters. The van der Waals surface area contributed by atoms with E-state index in [1.807, 2.05) is 36.4 Å². The number of ether oxygens (including phenoxy) is 1. The molecular formula is C21H23ClN6O2. The van der Waals surface area contributed by atoms with Crippen LogP contribution in [-0.2, 0) is 11.3 Å². The molecule has 1 saturated heterocycles. The van der Waals surface area contributed by atoms with Gasteiger partial charge in [-0.2, -0.15) is 4.80 Å². The van der Waals surface area contributed by atoms with Crippen molar-refractivity contribution in [3.8, 4) is 0 Å². The molecule has 1 fully saturated rings. The molecule has 1 unspecified atom stereocenters. The summed E-state index contributed by atoms with van der Waals surface area (Å²) in [7, 11) is 0. The van der Waals surface area contributed by atoms with Crippen LogP contribution in [0.2, 0.25) is 5.02 Å². The van der Waals surface area contributed by atoms with E-state index >= 15 is 0 Å². The van der Waals surface area contributed by atoms with Crippen molar-refractivity contribution in [2.45, 2.75) is 12.6 Å². The van der Waals surface area contributed by atoms with Crippen molar-refractivity contribution in [2.24, 2.45) is 0 Å². The third-order valence-corrected chi connectivity index (χ3v) is 5.50. The average molecular weight is 427 g/mol. The summed E-state index contributed by atoms with van der Waals surface area (Å²) in [5.74, 6) is 0. The summed E-state index contributed by atoms with van der Waals surface area (Å²) in [6.45, 7) is 3.83. The summed E-state index contributed by atoms with van der Waals surface area (Å²) in [5.41, 5.74) is 2.05. The lowest BCUT2D eigenvalue weighted by Crippen LogP contribution is -2.48. The molecule has 0 aliphatic carbocycles. The lowest BCUT2D eigenvalue weighted by Gasteiger charge is -2.34. The van der Waals surface area contributed by atoms with E-state index in [0.717, 1.165) is 25.2 Å². The summed E-state index contributed by atoms with van der Waals surface area (Å²) in [4.78, 5) is 18.1. The number of aromatic nitrogens is 4. The Balaban J connectivity index is 1.33. The quantitative estimate of drug-likeness (QED) is 0.603. The van der Waals surface area contributed by atoms with Crippen LogP contribution < -0.4 is 0 Å². The molecular weight excluding hydrogens is 404 g/mol. The summed E-state index contributed by atoms with van der Waals surface area (Å²) in [5, 5.41) is 12.4. The number of benzene rings is 2. The van der Waals surface area contributed by atoms with Crippen molar-refractivity contribution in [3.05, 3.63) is 77.1 Å². The van der Waals surface area contributed by atoms with Gasteiger partial charge < -0.3 is 9.64 Å². The van der Waals surface area contributed by atoms with Crippen LogP contribution in [-0.4, -0.2) is 68.9 Å². The number of piperazine rings is 1. The first kappa shape index (κ1) is 20.3. The number of hydrogen-bond donors (Lipinski definition) is 0. The van der Waals surface area contributed by atoms with Crippen LogP contribution in [0, 0.1) is 0 Å². The van der Waals surface area contributed by atoms with Gasteiger partial charge in [-0.15, -0.1) is 10.2 Å². The predicted octanol–water partition coefficient (Wildman–Crippen LogP) is 2.87. The minimum atomic E-state index is -0.440. The second-order valence-corrected chi connectivity index (χ2v) is 7.53. The van der Waals surface area contributed by atoms with Crippen molar-refractivity contribution in [3.63, 3.8) is 0 Å². The van der Waals surface area contributed by atoms with Gasteiger partial charge in [0.15, 0.2) is 6.33 Å². The summed E-state index contributed by atoms with van der Waals surface area (Å²) >= 11 is 6.34. The number of amides is 1. The highest BCUT2D eigenvalue weighted by Gasteiger charge is 2.25. The molecule has 0 radical (unpaired) electrons. The van der Waals surface area contributed by atoms with Crippen molar-refractivity contribution in [2.75, 3.05) is 32.8 Å². The van der Waals surface area contributed by atoms with Gasteiger partial charge in [-0.1, -0.05) is 60.1 Å². The van der Waals surface area contributed by atoms with Gasteiger partial charge in [-0.25, -0.2) is 4.79 Å². The highest BCUT2D eigenvalue weighted by Crippen LogP contribution is 2.25. The van der Waals surface area contributed by atoms with Crippen LogP contribution in [0.3, 0.4) is 0 Å². The zero-order valence-electron chi connectivity index (χ0n) is 16.5. The SMILES string of the molecule is O=C(OCC(c1ccccc1Cl)n1ncnn1)N1CCN(Cc2ccccc2)CC1. The maximum absolute atomic E-state index is 12.6. The van der Waals surface area contributed by atoms with E-state index < -0.39 is 6.04 Å². The highest BCUT2D eigenvalue weighted by atomic mass is 35.5. The number of nitrogens with zero attached hydrogens (tertiary/aromatic N) is 6. The van der Waals surface area contributed by atoms with Crippen LogP contribution in [0.15, 0.2) is 60.9 Å². The Hall–Kier alpha value is -2.97. The number of halogens is 1. The van der Waals surface area contributed by atoms with E-state index in [9.17, 15) is 4.79 Å². The van der Waals surface area contributed by atoms with Crippen molar-refractivity contribution >= 4 is 17.7 Å². The van der Waals surface area contributed by atoms with Gasteiger partial charge in [0, 0.05) is 43.3 Å². The largest absolute Gasteiger partial charge is 0.447 e. The molecule has 156 valence electrons. The van der Waals surface area contributed by atoms with Crippen LogP contribution in [0.1, 0.15) is 17.2 Å². The molecule has 8 nitrogen and oxygen atoms in total. The normalized spacial score (nSPS) is 15.7. The van der Waals surface area contributed by atoms with Crippen LogP contribution in [0.5, 0.6) is 0 Å². The molecule has 4 rings (SSSR count). The highest BCUT2D eigenvalue weighted by molar-refractivity contribution is 6.31. The molecule has 3 aromatic rings. The topological polar surface area (TPSA) is 76.4 Å². The number of carbonyl (C=O) groups is 1. The standard InChI is InChI=1S/C21H23ClN6O2/c22-19-9-5-4-8-18(19)20(28-24-16-23-25-28)15-30-21(29)27-12-10-26(11-13-27)14-17-6-2-1-3-7-17/h1-9,16,20H,10-15H2. The molecule has 1 aromatic heterocycles. The Kier molecular flexibility index (Phi) is 6.56. The average Bonchev–Trinajstić information content (AvgIpc) is 3.31.